The van der Waals surface area contributed by atoms with Gasteiger partial charge in [-0.1, -0.05) is 19.3 Å². The first kappa shape index (κ1) is 14.5. The lowest BCUT2D eigenvalue weighted by molar-refractivity contribution is 0.134. The number of hydrogen-bond donors (Lipinski definition) is 1. The minimum atomic E-state index is 0.384. The number of thiazole rings is 1. The summed E-state index contributed by atoms with van der Waals surface area (Å²) in [7, 11) is 0. The maximum Gasteiger partial charge on any atom is 0.110 e. The molecule has 1 aliphatic carbocycles. The second-order valence-electron chi connectivity index (χ2n) is 6.58. The Hall–Kier alpha value is -0.450. The molecule has 20 heavy (non-hydrogen) atoms. The lowest BCUT2D eigenvalue weighted by atomic mass is 9.81. The highest BCUT2D eigenvalue weighted by molar-refractivity contribution is 7.11. The minimum absolute atomic E-state index is 0.384. The molecule has 0 amide bonds. The van der Waals surface area contributed by atoms with E-state index in [1.54, 1.807) is 0 Å². The third-order valence-corrected chi connectivity index (χ3v) is 6.07. The van der Waals surface area contributed by atoms with Crippen LogP contribution in [0, 0.1) is 6.92 Å². The molecule has 1 atom stereocenters. The zero-order valence-electron chi connectivity index (χ0n) is 12.8. The summed E-state index contributed by atoms with van der Waals surface area (Å²) >= 11 is 1.86. The largest absolute Gasteiger partial charge is 0.310 e. The molecule has 2 heterocycles. The van der Waals surface area contributed by atoms with Crippen LogP contribution in [0.1, 0.15) is 61.4 Å². The Bertz CT molecular complexity index is 437. The van der Waals surface area contributed by atoms with Gasteiger partial charge in [0.25, 0.3) is 0 Å². The molecule has 1 spiro atoms. The lowest BCUT2D eigenvalue weighted by Gasteiger charge is -2.41. The van der Waals surface area contributed by atoms with Gasteiger partial charge in [-0.3, -0.25) is 4.90 Å². The van der Waals surface area contributed by atoms with Gasteiger partial charge in [-0.25, -0.2) is 4.98 Å². The van der Waals surface area contributed by atoms with Crippen LogP contribution in [-0.2, 0) is 0 Å². The van der Waals surface area contributed by atoms with E-state index in [-0.39, 0.29) is 0 Å². The Labute approximate surface area is 126 Å². The SMILES string of the molecule is Cc1cnc(C(C)N2CCCNC3(CCCCC3)C2)s1. The van der Waals surface area contributed by atoms with Gasteiger partial charge in [0.15, 0.2) is 0 Å². The van der Waals surface area contributed by atoms with Crippen LogP contribution in [0.2, 0.25) is 0 Å². The van der Waals surface area contributed by atoms with Crippen LogP contribution in [-0.4, -0.2) is 35.1 Å². The molecule has 0 radical (unpaired) electrons. The normalized spacial score (nSPS) is 25.5. The van der Waals surface area contributed by atoms with Gasteiger partial charge < -0.3 is 5.32 Å². The standard InChI is InChI=1S/C16H27N3S/c1-13-11-17-15(20-13)14(2)19-10-6-9-18-16(12-19)7-4-3-5-8-16/h11,14,18H,3-10,12H2,1-2H3. The van der Waals surface area contributed by atoms with E-state index in [9.17, 15) is 0 Å². The predicted octanol–water partition coefficient (Wildman–Crippen LogP) is 3.51. The average Bonchev–Trinajstić information content (AvgIpc) is 2.79. The van der Waals surface area contributed by atoms with Crippen LogP contribution >= 0.6 is 11.3 Å². The predicted molar refractivity (Wildman–Crippen MR) is 85.3 cm³/mol. The number of nitrogens with zero attached hydrogens (tertiary/aromatic N) is 2. The van der Waals surface area contributed by atoms with Crippen molar-refractivity contribution in [1.82, 2.24) is 15.2 Å². The van der Waals surface area contributed by atoms with Crippen molar-refractivity contribution in [2.75, 3.05) is 19.6 Å². The number of hydrogen-bond acceptors (Lipinski definition) is 4. The molecule has 0 aromatic carbocycles. The van der Waals surface area contributed by atoms with Crippen LogP contribution in [0.15, 0.2) is 6.20 Å². The molecule has 1 unspecified atom stereocenters. The summed E-state index contributed by atoms with van der Waals surface area (Å²) in [5, 5.41) is 5.17. The van der Waals surface area contributed by atoms with Crippen molar-refractivity contribution in [2.24, 2.45) is 0 Å². The van der Waals surface area contributed by atoms with E-state index in [1.165, 1.54) is 68.0 Å². The third-order valence-electron chi connectivity index (χ3n) is 4.98. The van der Waals surface area contributed by atoms with Gasteiger partial charge in [0.2, 0.25) is 0 Å². The van der Waals surface area contributed by atoms with Crippen molar-refractivity contribution < 1.29 is 0 Å². The summed E-state index contributed by atoms with van der Waals surface area (Å²) in [6.45, 7) is 8.07. The molecular weight excluding hydrogens is 266 g/mol. The molecule has 3 nitrogen and oxygen atoms in total. The van der Waals surface area contributed by atoms with Gasteiger partial charge in [-0.05, 0) is 39.7 Å². The van der Waals surface area contributed by atoms with Crippen molar-refractivity contribution in [3.63, 3.8) is 0 Å². The van der Waals surface area contributed by atoms with Crippen LogP contribution in [0.4, 0.5) is 0 Å². The fourth-order valence-electron chi connectivity index (χ4n) is 3.77. The van der Waals surface area contributed by atoms with Crippen LogP contribution in [0.5, 0.6) is 0 Å². The molecule has 1 saturated carbocycles. The monoisotopic (exact) mass is 293 g/mol. The van der Waals surface area contributed by atoms with E-state index in [0.29, 0.717) is 11.6 Å². The molecule has 4 heteroatoms. The summed E-state index contributed by atoms with van der Waals surface area (Å²) in [6.07, 6.45) is 10.2. The van der Waals surface area contributed by atoms with Crippen molar-refractivity contribution in [3.8, 4) is 0 Å². The molecular formula is C16H27N3S. The van der Waals surface area contributed by atoms with Gasteiger partial charge in [0.05, 0.1) is 6.04 Å². The maximum absolute atomic E-state index is 4.61. The zero-order chi connectivity index (χ0) is 14.0. The minimum Gasteiger partial charge on any atom is -0.310 e. The Balaban J connectivity index is 1.74. The molecule has 1 aromatic heterocycles. The molecule has 2 fully saturated rings. The summed E-state index contributed by atoms with van der Waals surface area (Å²) in [5.41, 5.74) is 0.384. The van der Waals surface area contributed by atoms with Crippen LogP contribution < -0.4 is 5.32 Å². The average molecular weight is 293 g/mol. The summed E-state index contributed by atoms with van der Waals surface area (Å²) < 4.78 is 0. The summed E-state index contributed by atoms with van der Waals surface area (Å²) in [6, 6.07) is 0.465. The first-order valence-corrected chi connectivity index (χ1v) is 8.92. The highest BCUT2D eigenvalue weighted by Crippen LogP contribution is 2.33. The molecule has 1 N–H and O–H groups in total. The maximum atomic E-state index is 4.61. The van der Waals surface area contributed by atoms with Gasteiger partial charge in [0.1, 0.15) is 5.01 Å². The highest BCUT2D eigenvalue weighted by Gasteiger charge is 2.36. The van der Waals surface area contributed by atoms with Crippen molar-refractivity contribution in [2.45, 2.75) is 64.0 Å². The fraction of sp³-hybridized carbons (Fsp3) is 0.812. The number of aryl methyl sites for hydroxylation is 1. The van der Waals surface area contributed by atoms with Crippen molar-refractivity contribution >= 4 is 11.3 Å². The zero-order valence-corrected chi connectivity index (χ0v) is 13.6. The molecule has 1 saturated heterocycles. The number of rotatable bonds is 2. The quantitative estimate of drug-likeness (QED) is 0.904. The summed E-state index contributed by atoms with van der Waals surface area (Å²) in [4.78, 5) is 8.61. The lowest BCUT2D eigenvalue weighted by Crippen LogP contribution is -2.52. The molecule has 1 aromatic rings. The van der Waals surface area contributed by atoms with Gasteiger partial charge >= 0.3 is 0 Å². The topological polar surface area (TPSA) is 28.2 Å². The van der Waals surface area contributed by atoms with Crippen molar-refractivity contribution in [1.29, 1.82) is 0 Å². The molecule has 1 aliphatic heterocycles. The van der Waals surface area contributed by atoms with Gasteiger partial charge in [-0.15, -0.1) is 11.3 Å². The Morgan fingerprint density at radius 1 is 1.30 bits per heavy atom. The highest BCUT2D eigenvalue weighted by atomic mass is 32.1. The molecule has 0 bridgehead atoms. The third kappa shape index (κ3) is 3.07. The van der Waals surface area contributed by atoms with E-state index in [0.717, 1.165) is 0 Å². The molecule has 2 aliphatic rings. The summed E-state index contributed by atoms with van der Waals surface area (Å²) in [5.74, 6) is 0. The van der Waals surface area contributed by atoms with Crippen molar-refractivity contribution in [3.05, 3.63) is 16.1 Å². The smallest absolute Gasteiger partial charge is 0.110 e. The van der Waals surface area contributed by atoms with E-state index in [1.807, 2.05) is 17.5 Å². The van der Waals surface area contributed by atoms with Gasteiger partial charge in [0, 0.05) is 29.7 Å². The van der Waals surface area contributed by atoms with E-state index < -0.39 is 0 Å². The number of nitrogens with one attached hydrogen (secondary N) is 1. The Kier molecular flexibility index (Phi) is 4.43. The Morgan fingerprint density at radius 3 is 2.80 bits per heavy atom. The van der Waals surface area contributed by atoms with Crippen LogP contribution in [0.3, 0.4) is 0 Å². The van der Waals surface area contributed by atoms with Gasteiger partial charge in [-0.2, -0.15) is 0 Å². The van der Waals surface area contributed by atoms with E-state index in [4.69, 9.17) is 0 Å². The fourth-order valence-corrected chi connectivity index (χ4v) is 4.64. The Morgan fingerprint density at radius 2 is 2.10 bits per heavy atom. The first-order valence-electron chi connectivity index (χ1n) is 8.10. The van der Waals surface area contributed by atoms with E-state index >= 15 is 0 Å². The second-order valence-corrected chi connectivity index (χ2v) is 7.84. The second kappa shape index (κ2) is 6.12. The number of aromatic nitrogens is 1. The van der Waals surface area contributed by atoms with Crippen LogP contribution in [0.25, 0.3) is 0 Å². The molecule has 112 valence electrons. The first-order chi connectivity index (χ1) is 9.69. The van der Waals surface area contributed by atoms with E-state index in [2.05, 4.69) is 29.0 Å². The molecule has 3 rings (SSSR count).